The van der Waals surface area contributed by atoms with E-state index in [1.54, 1.807) is 13.0 Å². The first-order valence-electron chi connectivity index (χ1n) is 8.67. The van der Waals surface area contributed by atoms with E-state index in [0.29, 0.717) is 18.6 Å². The summed E-state index contributed by atoms with van der Waals surface area (Å²) in [6.45, 7) is 4.57. The molecule has 0 aromatic heterocycles. The van der Waals surface area contributed by atoms with Crippen LogP contribution in [-0.4, -0.2) is 24.3 Å². The maximum atomic E-state index is 11.5. The summed E-state index contributed by atoms with van der Waals surface area (Å²) >= 11 is 0. The Morgan fingerprint density at radius 2 is 1.48 bits per heavy atom. The van der Waals surface area contributed by atoms with Gasteiger partial charge in [-0.3, -0.25) is 0 Å². The lowest BCUT2D eigenvalue weighted by Gasteiger charge is -2.05. The van der Waals surface area contributed by atoms with E-state index in [0.717, 1.165) is 12.8 Å². The van der Waals surface area contributed by atoms with E-state index < -0.39 is 0 Å². The van der Waals surface area contributed by atoms with Gasteiger partial charge in [0.1, 0.15) is 0 Å². The van der Waals surface area contributed by atoms with Crippen LogP contribution in [0.5, 0.6) is 0 Å². The van der Waals surface area contributed by atoms with Crippen molar-refractivity contribution in [2.24, 2.45) is 0 Å². The number of hydrogen-bond donors (Lipinski definition) is 1. The van der Waals surface area contributed by atoms with Gasteiger partial charge in [-0.2, -0.15) is 0 Å². The Labute approximate surface area is 130 Å². The van der Waals surface area contributed by atoms with E-state index in [9.17, 15) is 4.79 Å². The van der Waals surface area contributed by atoms with Crippen molar-refractivity contribution in [3.8, 4) is 0 Å². The third-order valence-corrected chi connectivity index (χ3v) is 3.63. The van der Waals surface area contributed by atoms with Gasteiger partial charge < -0.3 is 9.84 Å². The summed E-state index contributed by atoms with van der Waals surface area (Å²) in [6.07, 6.45) is 15.0. The largest absolute Gasteiger partial charge is 0.462 e. The molecule has 0 aliphatic carbocycles. The van der Waals surface area contributed by atoms with Crippen LogP contribution in [0.15, 0.2) is 11.6 Å². The number of carbonyl (C=O) groups is 1. The summed E-state index contributed by atoms with van der Waals surface area (Å²) in [7, 11) is 0. The topological polar surface area (TPSA) is 46.5 Å². The molecule has 0 amide bonds. The molecule has 0 aromatic rings. The van der Waals surface area contributed by atoms with Gasteiger partial charge in [-0.15, -0.1) is 0 Å². The fourth-order valence-electron chi connectivity index (χ4n) is 2.23. The summed E-state index contributed by atoms with van der Waals surface area (Å²) in [5, 5.41) is 8.68. The Bertz CT molecular complexity index is 272. The van der Waals surface area contributed by atoms with E-state index in [2.05, 4.69) is 6.92 Å². The van der Waals surface area contributed by atoms with Gasteiger partial charge >= 0.3 is 5.97 Å². The van der Waals surface area contributed by atoms with Crippen molar-refractivity contribution < 1.29 is 14.6 Å². The highest BCUT2D eigenvalue weighted by atomic mass is 16.5. The lowest BCUT2D eigenvalue weighted by atomic mass is 10.1. The van der Waals surface area contributed by atoms with Crippen LogP contribution in [0.25, 0.3) is 0 Å². The normalized spacial score (nSPS) is 11.7. The van der Waals surface area contributed by atoms with Crippen molar-refractivity contribution in [2.75, 3.05) is 13.2 Å². The first-order chi connectivity index (χ1) is 10.2. The molecule has 3 heteroatoms. The zero-order valence-corrected chi connectivity index (χ0v) is 14.0. The van der Waals surface area contributed by atoms with Crippen molar-refractivity contribution >= 4 is 5.97 Å². The molecule has 0 aliphatic heterocycles. The van der Waals surface area contributed by atoms with Gasteiger partial charge in [0, 0.05) is 12.2 Å². The van der Waals surface area contributed by atoms with Gasteiger partial charge in [0.2, 0.25) is 0 Å². The maximum absolute atomic E-state index is 11.5. The molecule has 0 radical (unpaired) electrons. The van der Waals surface area contributed by atoms with E-state index in [-0.39, 0.29) is 12.6 Å². The first-order valence-corrected chi connectivity index (χ1v) is 8.67. The molecule has 0 atom stereocenters. The smallest absolute Gasteiger partial charge is 0.333 e. The molecular weight excluding hydrogens is 264 g/mol. The number of carbonyl (C=O) groups excluding carboxylic acids is 1. The Balaban J connectivity index is 3.30. The number of unbranched alkanes of at least 4 members (excludes halogenated alkanes) is 9. The van der Waals surface area contributed by atoms with E-state index >= 15 is 0 Å². The molecule has 0 spiro atoms. The van der Waals surface area contributed by atoms with Gasteiger partial charge in [0.05, 0.1) is 6.61 Å². The first kappa shape index (κ1) is 20.2. The molecule has 0 saturated heterocycles. The summed E-state index contributed by atoms with van der Waals surface area (Å²) in [5.74, 6) is -0.251. The molecule has 0 bridgehead atoms. The molecular formula is C18H34O3. The van der Waals surface area contributed by atoms with Gasteiger partial charge in [-0.05, 0) is 19.8 Å². The van der Waals surface area contributed by atoms with Crippen molar-refractivity contribution in [2.45, 2.75) is 84.5 Å². The van der Waals surface area contributed by atoms with Crippen LogP contribution in [0.2, 0.25) is 0 Å². The van der Waals surface area contributed by atoms with E-state index in [1.807, 2.05) is 0 Å². The zero-order valence-electron chi connectivity index (χ0n) is 14.0. The van der Waals surface area contributed by atoms with Crippen LogP contribution in [-0.2, 0) is 9.53 Å². The second-order valence-corrected chi connectivity index (χ2v) is 5.72. The van der Waals surface area contributed by atoms with Crippen LogP contribution in [0.3, 0.4) is 0 Å². The highest BCUT2D eigenvalue weighted by molar-refractivity contribution is 5.87. The van der Waals surface area contributed by atoms with Gasteiger partial charge in [0.25, 0.3) is 0 Å². The van der Waals surface area contributed by atoms with E-state index in [4.69, 9.17) is 9.84 Å². The molecule has 124 valence electrons. The second-order valence-electron chi connectivity index (χ2n) is 5.72. The average Bonchev–Trinajstić information content (AvgIpc) is 2.49. The lowest BCUT2D eigenvalue weighted by molar-refractivity contribution is -0.139. The van der Waals surface area contributed by atoms with E-state index in [1.165, 1.54) is 51.4 Å². The molecule has 0 saturated carbocycles. The third kappa shape index (κ3) is 13.9. The minimum atomic E-state index is -0.251. The van der Waals surface area contributed by atoms with Gasteiger partial charge in [-0.1, -0.05) is 70.8 Å². The van der Waals surface area contributed by atoms with Gasteiger partial charge in [-0.25, -0.2) is 4.79 Å². The monoisotopic (exact) mass is 298 g/mol. The summed E-state index contributed by atoms with van der Waals surface area (Å²) < 4.78 is 5.18. The number of aliphatic hydroxyl groups is 1. The predicted molar refractivity (Wildman–Crippen MR) is 88.3 cm³/mol. The number of rotatable bonds is 14. The minimum Gasteiger partial charge on any atom is -0.462 e. The molecule has 1 N–H and O–H groups in total. The number of esters is 1. The average molecular weight is 298 g/mol. The van der Waals surface area contributed by atoms with Crippen molar-refractivity contribution in [3.63, 3.8) is 0 Å². The Morgan fingerprint density at radius 1 is 0.952 bits per heavy atom. The molecule has 3 nitrogen and oxygen atoms in total. The molecule has 0 unspecified atom stereocenters. The molecule has 0 fully saturated rings. The van der Waals surface area contributed by atoms with Crippen LogP contribution in [0.4, 0.5) is 0 Å². The van der Waals surface area contributed by atoms with Crippen LogP contribution < -0.4 is 0 Å². The standard InChI is InChI=1S/C18H34O3/c1-3-4-5-6-7-8-9-10-11-12-16-21-18(20)17(2)14-13-15-19/h14,19H,3-13,15-16H2,1-2H3. The highest BCUT2D eigenvalue weighted by Crippen LogP contribution is 2.10. The van der Waals surface area contributed by atoms with Crippen LogP contribution >= 0.6 is 0 Å². The number of ether oxygens (including phenoxy) is 1. The van der Waals surface area contributed by atoms with Crippen LogP contribution in [0.1, 0.15) is 84.5 Å². The van der Waals surface area contributed by atoms with Crippen molar-refractivity contribution in [1.82, 2.24) is 0 Å². The van der Waals surface area contributed by atoms with Crippen LogP contribution in [0, 0.1) is 0 Å². The Hall–Kier alpha value is -0.830. The predicted octanol–water partition coefficient (Wildman–Crippen LogP) is 4.78. The maximum Gasteiger partial charge on any atom is 0.333 e. The Morgan fingerprint density at radius 3 is 2.00 bits per heavy atom. The summed E-state index contributed by atoms with van der Waals surface area (Å²) in [5.41, 5.74) is 0.594. The van der Waals surface area contributed by atoms with Gasteiger partial charge in [0.15, 0.2) is 0 Å². The summed E-state index contributed by atoms with van der Waals surface area (Å²) in [4.78, 5) is 11.5. The van der Waals surface area contributed by atoms with Crippen molar-refractivity contribution in [3.05, 3.63) is 11.6 Å². The molecule has 21 heavy (non-hydrogen) atoms. The molecule has 0 rings (SSSR count). The molecule has 0 heterocycles. The number of aliphatic hydroxyl groups excluding tert-OH is 1. The molecule has 0 aliphatic rings. The minimum absolute atomic E-state index is 0.0725. The highest BCUT2D eigenvalue weighted by Gasteiger charge is 2.04. The summed E-state index contributed by atoms with van der Waals surface area (Å²) in [6, 6.07) is 0. The fraction of sp³-hybridized carbons (Fsp3) is 0.833. The fourth-order valence-corrected chi connectivity index (χ4v) is 2.23. The quantitative estimate of drug-likeness (QED) is 0.285. The van der Waals surface area contributed by atoms with Crippen molar-refractivity contribution in [1.29, 1.82) is 0 Å². The SMILES string of the molecule is CCCCCCCCCCCCOC(=O)C(C)=CCCO. The third-order valence-electron chi connectivity index (χ3n) is 3.63. The lowest BCUT2D eigenvalue weighted by Crippen LogP contribution is -2.07. The zero-order chi connectivity index (χ0) is 15.8. The second kappa shape index (κ2) is 15.6. The Kier molecular flexibility index (Phi) is 14.9. The molecule has 0 aromatic carbocycles. The number of hydrogen-bond acceptors (Lipinski definition) is 3.